The van der Waals surface area contributed by atoms with E-state index in [1.807, 2.05) is 30.3 Å². The highest BCUT2D eigenvalue weighted by Crippen LogP contribution is 2.28. The van der Waals surface area contributed by atoms with Gasteiger partial charge in [-0.15, -0.1) is 0 Å². The van der Waals surface area contributed by atoms with Crippen molar-refractivity contribution < 1.29 is 14.6 Å². The molecule has 0 amide bonds. The van der Waals surface area contributed by atoms with Gasteiger partial charge in [-0.25, -0.2) is 4.79 Å². The number of ether oxygens (including phenoxy) is 1. The van der Waals surface area contributed by atoms with Crippen LogP contribution in [0.5, 0.6) is 5.75 Å². The molecule has 2 aromatic carbocycles. The van der Waals surface area contributed by atoms with Crippen LogP contribution in [-0.2, 0) is 0 Å². The second-order valence-corrected chi connectivity index (χ2v) is 4.64. The summed E-state index contributed by atoms with van der Waals surface area (Å²) in [6, 6.07) is 12.5. The third-order valence-electron chi connectivity index (χ3n) is 2.61. The lowest BCUT2D eigenvalue weighted by molar-refractivity contribution is 0.0697. The molecule has 0 fully saturated rings. The van der Waals surface area contributed by atoms with Crippen LogP contribution in [0.2, 0.25) is 0 Å². The molecule has 0 saturated heterocycles. The van der Waals surface area contributed by atoms with Gasteiger partial charge in [0.2, 0.25) is 0 Å². The molecule has 0 atom stereocenters. The molecule has 0 aliphatic carbocycles. The summed E-state index contributed by atoms with van der Waals surface area (Å²) in [6.45, 7) is 0. The van der Waals surface area contributed by atoms with Gasteiger partial charge in [0, 0.05) is 4.47 Å². The van der Waals surface area contributed by atoms with E-state index in [1.165, 1.54) is 0 Å². The fraction of sp³-hybridized carbons (Fsp3) is 0.0714. The predicted octanol–water partition coefficient (Wildman–Crippen LogP) is 3.82. The first-order chi connectivity index (χ1) is 8.61. The van der Waals surface area contributed by atoms with E-state index >= 15 is 0 Å². The van der Waals surface area contributed by atoms with Gasteiger partial charge in [-0.1, -0.05) is 34.1 Å². The third-order valence-corrected chi connectivity index (χ3v) is 3.11. The van der Waals surface area contributed by atoms with Crippen molar-refractivity contribution in [3.63, 3.8) is 0 Å². The first-order valence-electron chi connectivity index (χ1n) is 5.29. The number of rotatable bonds is 3. The zero-order valence-corrected chi connectivity index (χ0v) is 11.3. The van der Waals surface area contributed by atoms with E-state index < -0.39 is 5.97 Å². The smallest absolute Gasteiger partial charge is 0.336 e. The zero-order valence-electron chi connectivity index (χ0n) is 9.68. The Hall–Kier alpha value is -1.81. The number of carbonyl (C=O) groups is 1. The molecule has 0 spiro atoms. The molecule has 0 saturated carbocycles. The predicted molar refractivity (Wildman–Crippen MR) is 73.1 cm³/mol. The normalized spacial score (nSPS) is 10.1. The molecule has 0 unspecified atom stereocenters. The molecule has 0 heterocycles. The lowest BCUT2D eigenvalue weighted by Crippen LogP contribution is -1.99. The van der Waals surface area contributed by atoms with Crippen LogP contribution in [0.15, 0.2) is 46.9 Å². The van der Waals surface area contributed by atoms with Crippen molar-refractivity contribution in [2.75, 3.05) is 7.11 Å². The summed E-state index contributed by atoms with van der Waals surface area (Å²) in [5.41, 5.74) is 1.81. The molecule has 2 rings (SSSR count). The minimum absolute atomic E-state index is 0.273. The molecule has 3 nitrogen and oxygen atoms in total. The third kappa shape index (κ3) is 2.54. The van der Waals surface area contributed by atoms with Gasteiger partial charge in [-0.2, -0.15) is 0 Å². The van der Waals surface area contributed by atoms with E-state index in [1.54, 1.807) is 19.2 Å². The van der Waals surface area contributed by atoms with Gasteiger partial charge in [-0.3, -0.25) is 0 Å². The first kappa shape index (κ1) is 12.6. The van der Waals surface area contributed by atoms with Crippen LogP contribution in [0.1, 0.15) is 10.4 Å². The molecule has 0 aliphatic rings. The minimum Gasteiger partial charge on any atom is -0.497 e. The van der Waals surface area contributed by atoms with E-state index in [9.17, 15) is 9.90 Å². The number of aromatic carboxylic acids is 1. The molecule has 0 bridgehead atoms. The van der Waals surface area contributed by atoms with Gasteiger partial charge < -0.3 is 9.84 Å². The Kier molecular flexibility index (Phi) is 3.67. The Morgan fingerprint density at radius 1 is 1.17 bits per heavy atom. The van der Waals surface area contributed by atoms with Crippen LogP contribution in [0.25, 0.3) is 11.1 Å². The molecule has 0 radical (unpaired) electrons. The molecular formula is C14H11BrO3. The maximum Gasteiger partial charge on any atom is 0.336 e. The van der Waals surface area contributed by atoms with Crippen LogP contribution >= 0.6 is 15.9 Å². The van der Waals surface area contributed by atoms with Crippen molar-refractivity contribution >= 4 is 21.9 Å². The summed E-state index contributed by atoms with van der Waals surface area (Å²) < 4.78 is 5.83. The van der Waals surface area contributed by atoms with Gasteiger partial charge in [-0.05, 0) is 35.4 Å². The van der Waals surface area contributed by atoms with E-state index in [4.69, 9.17) is 4.74 Å². The van der Waals surface area contributed by atoms with Crippen molar-refractivity contribution in [3.8, 4) is 16.9 Å². The number of carboxylic acids is 1. The van der Waals surface area contributed by atoms with Crippen LogP contribution in [0.4, 0.5) is 0 Å². The fourth-order valence-electron chi connectivity index (χ4n) is 1.72. The Morgan fingerprint density at radius 2 is 1.83 bits per heavy atom. The summed E-state index contributed by atoms with van der Waals surface area (Å²) in [5, 5.41) is 9.21. The number of methoxy groups -OCH3 is 1. The Bertz CT molecular complexity index is 576. The van der Waals surface area contributed by atoms with Gasteiger partial charge >= 0.3 is 5.97 Å². The topological polar surface area (TPSA) is 46.5 Å². The molecule has 4 heteroatoms. The largest absolute Gasteiger partial charge is 0.497 e. The van der Waals surface area contributed by atoms with Crippen LogP contribution in [0.3, 0.4) is 0 Å². The Balaban J connectivity index is 2.52. The maximum absolute atomic E-state index is 11.2. The Labute approximate surface area is 113 Å². The summed E-state index contributed by atoms with van der Waals surface area (Å²) in [4.78, 5) is 11.2. The number of hydrogen-bond acceptors (Lipinski definition) is 2. The molecule has 2 aromatic rings. The monoisotopic (exact) mass is 306 g/mol. The quantitative estimate of drug-likeness (QED) is 0.937. The number of hydrogen-bond donors (Lipinski definition) is 1. The molecule has 92 valence electrons. The summed E-state index contributed by atoms with van der Waals surface area (Å²) in [7, 11) is 1.59. The SMILES string of the molecule is COc1ccc(-c2ccc(Br)cc2C(=O)O)cc1. The second-order valence-electron chi connectivity index (χ2n) is 3.72. The first-order valence-corrected chi connectivity index (χ1v) is 6.08. The summed E-state index contributed by atoms with van der Waals surface area (Å²) in [6.07, 6.45) is 0. The highest BCUT2D eigenvalue weighted by atomic mass is 79.9. The molecule has 0 aromatic heterocycles. The maximum atomic E-state index is 11.2. The lowest BCUT2D eigenvalue weighted by Gasteiger charge is -2.08. The van der Waals surface area contributed by atoms with E-state index in [0.717, 1.165) is 15.8 Å². The molecule has 1 N–H and O–H groups in total. The van der Waals surface area contributed by atoms with Crippen LogP contribution in [0, 0.1) is 0 Å². The van der Waals surface area contributed by atoms with Gasteiger partial charge in [0.25, 0.3) is 0 Å². The van der Waals surface area contributed by atoms with Crippen molar-refractivity contribution in [1.29, 1.82) is 0 Å². The van der Waals surface area contributed by atoms with Crippen LogP contribution in [-0.4, -0.2) is 18.2 Å². The summed E-state index contributed by atoms with van der Waals surface area (Å²) in [5.74, 6) is -0.199. The fourth-order valence-corrected chi connectivity index (χ4v) is 2.08. The van der Waals surface area contributed by atoms with Crippen LogP contribution < -0.4 is 4.74 Å². The van der Waals surface area contributed by atoms with Crippen molar-refractivity contribution in [3.05, 3.63) is 52.5 Å². The highest BCUT2D eigenvalue weighted by molar-refractivity contribution is 9.10. The standard InChI is InChI=1S/C14H11BrO3/c1-18-11-5-2-9(3-6-11)12-7-4-10(15)8-13(12)14(16)17/h2-8H,1H3,(H,16,17). The number of benzene rings is 2. The second kappa shape index (κ2) is 5.23. The summed E-state index contributed by atoms with van der Waals surface area (Å²) >= 11 is 3.28. The number of carboxylic acid groups (broad SMARTS) is 1. The van der Waals surface area contributed by atoms with Gasteiger partial charge in [0.05, 0.1) is 12.7 Å². The van der Waals surface area contributed by atoms with Crippen molar-refractivity contribution in [1.82, 2.24) is 0 Å². The average Bonchev–Trinajstić information content (AvgIpc) is 2.39. The van der Waals surface area contributed by atoms with Crippen molar-refractivity contribution in [2.24, 2.45) is 0 Å². The zero-order chi connectivity index (χ0) is 13.1. The molecular weight excluding hydrogens is 296 g/mol. The highest BCUT2D eigenvalue weighted by Gasteiger charge is 2.12. The Morgan fingerprint density at radius 3 is 2.39 bits per heavy atom. The van der Waals surface area contributed by atoms with Gasteiger partial charge in [0.1, 0.15) is 5.75 Å². The van der Waals surface area contributed by atoms with E-state index in [-0.39, 0.29) is 5.56 Å². The molecule has 0 aliphatic heterocycles. The lowest BCUT2D eigenvalue weighted by atomic mass is 10.00. The minimum atomic E-state index is -0.942. The van der Waals surface area contributed by atoms with Crippen molar-refractivity contribution in [2.45, 2.75) is 0 Å². The number of halogens is 1. The average molecular weight is 307 g/mol. The van der Waals surface area contributed by atoms with E-state index in [0.29, 0.717) is 5.56 Å². The van der Waals surface area contributed by atoms with Gasteiger partial charge in [0.15, 0.2) is 0 Å². The molecule has 18 heavy (non-hydrogen) atoms. The van der Waals surface area contributed by atoms with E-state index in [2.05, 4.69) is 15.9 Å².